The number of carbonyl (C=O) groups excluding carboxylic acids is 1. The van der Waals surface area contributed by atoms with Gasteiger partial charge in [0.2, 0.25) is 5.91 Å². The number of piperidine rings is 1. The quantitative estimate of drug-likeness (QED) is 0.832. The fraction of sp³-hybridized carbons (Fsp3) is 0.529. The molecule has 0 N–H and O–H groups in total. The van der Waals surface area contributed by atoms with Crippen molar-refractivity contribution in [2.45, 2.75) is 31.8 Å². The second-order valence-electron chi connectivity index (χ2n) is 6.78. The molecule has 0 spiro atoms. The first-order valence-electron chi connectivity index (χ1n) is 8.67. The smallest absolute Gasteiger partial charge is 0.224 e. The third-order valence-corrected chi connectivity index (χ3v) is 5.26. The number of nitrogens with zero attached hydrogens (tertiary/aromatic N) is 6. The van der Waals surface area contributed by atoms with Crippen LogP contribution in [0.4, 0.5) is 5.82 Å². The molecule has 0 saturated carbocycles. The summed E-state index contributed by atoms with van der Waals surface area (Å²) in [6, 6.07) is 0.245. The van der Waals surface area contributed by atoms with Gasteiger partial charge in [-0.3, -0.25) is 14.5 Å². The Morgan fingerprint density at radius 3 is 2.88 bits per heavy atom. The van der Waals surface area contributed by atoms with Crippen LogP contribution in [0.15, 0.2) is 31.0 Å². The largest absolute Gasteiger partial charge is 0.353 e. The Hall–Kier alpha value is -2.15. The SMILES string of the molecule is O=C(CCn1cc(Cl)cn1)N1C[C@H]2CC[C@@H]1CN(c1cnccn1)C2. The van der Waals surface area contributed by atoms with Crippen molar-refractivity contribution in [1.82, 2.24) is 24.6 Å². The molecule has 0 radical (unpaired) electrons. The standard InChI is InChI=1S/C17H21ClN6O/c18-14-7-21-23(11-14)6-3-17(25)24-10-13-1-2-15(24)12-22(9-13)16-8-19-4-5-20-16/h4-5,7-8,11,13,15H,1-3,6,9-10,12H2/t13-,15+/m0/s1. The molecule has 3 fully saturated rings. The van der Waals surface area contributed by atoms with E-state index in [0.29, 0.717) is 23.9 Å². The first-order chi connectivity index (χ1) is 12.2. The Labute approximate surface area is 151 Å². The van der Waals surface area contributed by atoms with Crippen LogP contribution in [0.3, 0.4) is 0 Å². The zero-order chi connectivity index (χ0) is 17.2. The molecule has 3 aliphatic heterocycles. The van der Waals surface area contributed by atoms with Crippen molar-refractivity contribution in [3.05, 3.63) is 36.0 Å². The molecule has 7 nitrogen and oxygen atoms in total. The van der Waals surface area contributed by atoms with Crippen LogP contribution in [0.1, 0.15) is 19.3 Å². The van der Waals surface area contributed by atoms with E-state index in [1.165, 1.54) is 6.42 Å². The minimum absolute atomic E-state index is 0.197. The Morgan fingerprint density at radius 2 is 2.12 bits per heavy atom. The number of halogens is 1. The Morgan fingerprint density at radius 1 is 1.20 bits per heavy atom. The minimum atomic E-state index is 0.197. The summed E-state index contributed by atoms with van der Waals surface area (Å²) in [5.41, 5.74) is 0. The summed E-state index contributed by atoms with van der Waals surface area (Å²) >= 11 is 5.88. The number of carbonyl (C=O) groups is 1. The van der Waals surface area contributed by atoms with E-state index >= 15 is 0 Å². The summed E-state index contributed by atoms with van der Waals surface area (Å²) in [5.74, 6) is 1.59. The highest BCUT2D eigenvalue weighted by molar-refractivity contribution is 6.30. The molecule has 25 heavy (non-hydrogen) atoms. The van der Waals surface area contributed by atoms with Crippen LogP contribution in [0.2, 0.25) is 5.02 Å². The molecule has 1 amide bonds. The van der Waals surface area contributed by atoms with Crippen molar-refractivity contribution in [3.8, 4) is 0 Å². The van der Waals surface area contributed by atoms with Crippen molar-refractivity contribution >= 4 is 23.3 Å². The second-order valence-corrected chi connectivity index (χ2v) is 7.22. The summed E-state index contributed by atoms with van der Waals surface area (Å²) in [4.78, 5) is 25.7. The number of fused-ring (bicyclic) bond motifs is 4. The topological polar surface area (TPSA) is 67.2 Å². The van der Waals surface area contributed by atoms with Crippen molar-refractivity contribution < 1.29 is 4.79 Å². The number of hydrogen-bond donors (Lipinski definition) is 0. The lowest BCUT2D eigenvalue weighted by molar-refractivity contribution is -0.135. The molecule has 0 aromatic carbocycles. The number of hydrogen-bond acceptors (Lipinski definition) is 5. The van der Waals surface area contributed by atoms with E-state index < -0.39 is 0 Å². The predicted molar refractivity (Wildman–Crippen MR) is 94.3 cm³/mol. The van der Waals surface area contributed by atoms with Gasteiger partial charge >= 0.3 is 0 Å². The van der Waals surface area contributed by atoms with Gasteiger partial charge in [0, 0.05) is 57.2 Å². The van der Waals surface area contributed by atoms with Crippen LogP contribution in [-0.2, 0) is 11.3 Å². The van der Waals surface area contributed by atoms with Gasteiger partial charge in [0.05, 0.1) is 17.4 Å². The summed E-state index contributed by atoms with van der Waals surface area (Å²) < 4.78 is 1.72. The van der Waals surface area contributed by atoms with Crippen molar-refractivity contribution in [1.29, 1.82) is 0 Å². The molecule has 5 rings (SSSR count). The molecule has 2 aromatic rings. The highest BCUT2D eigenvalue weighted by Gasteiger charge is 2.37. The molecular formula is C17H21ClN6O. The molecule has 2 atom stereocenters. The van der Waals surface area contributed by atoms with Crippen molar-refractivity contribution in [3.63, 3.8) is 0 Å². The first-order valence-corrected chi connectivity index (χ1v) is 9.05. The Balaban J connectivity index is 1.42. The monoisotopic (exact) mass is 360 g/mol. The summed E-state index contributed by atoms with van der Waals surface area (Å²) in [6.45, 7) is 3.16. The lowest BCUT2D eigenvalue weighted by Gasteiger charge is -2.36. The first kappa shape index (κ1) is 16.3. The molecule has 5 heterocycles. The maximum atomic E-state index is 12.8. The van der Waals surface area contributed by atoms with Crippen LogP contribution < -0.4 is 4.90 Å². The molecule has 3 saturated heterocycles. The average molecular weight is 361 g/mol. The third kappa shape index (κ3) is 3.61. The lowest BCUT2D eigenvalue weighted by Crippen LogP contribution is -2.47. The van der Waals surface area contributed by atoms with Gasteiger partial charge in [0.25, 0.3) is 0 Å². The maximum Gasteiger partial charge on any atom is 0.224 e. The summed E-state index contributed by atoms with van der Waals surface area (Å²) in [6.07, 6.45) is 11.2. The van der Waals surface area contributed by atoms with Gasteiger partial charge in [-0.1, -0.05) is 11.6 Å². The van der Waals surface area contributed by atoms with Crippen LogP contribution in [-0.4, -0.2) is 56.2 Å². The molecule has 2 aromatic heterocycles. The summed E-state index contributed by atoms with van der Waals surface area (Å²) in [5, 5.41) is 4.74. The number of rotatable bonds is 4. The highest BCUT2D eigenvalue weighted by atomic mass is 35.5. The molecule has 8 heteroatoms. The van der Waals surface area contributed by atoms with Crippen molar-refractivity contribution in [2.24, 2.45) is 5.92 Å². The van der Waals surface area contributed by atoms with E-state index in [2.05, 4.69) is 24.9 Å². The number of aryl methyl sites for hydroxylation is 1. The third-order valence-electron chi connectivity index (χ3n) is 5.06. The summed E-state index contributed by atoms with van der Waals surface area (Å²) in [7, 11) is 0. The van der Waals surface area contributed by atoms with E-state index in [1.807, 2.05) is 0 Å². The van der Waals surface area contributed by atoms with Crippen LogP contribution >= 0.6 is 11.6 Å². The van der Waals surface area contributed by atoms with E-state index in [-0.39, 0.29) is 11.9 Å². The predicted octanol–water partition coefficient (Wildman–Crippen LogP) is 1.84. The van der Waals surface area contributed by atoms with Gasteiger partial charge in [-0.25, -0.2) is 4.98 Å². The molecule has 0 aliphatic carbocycles. The van der Waals surface area contributed by atoms with Gasteiger partial charge < -0.3 is 9.80 Å². The van der Waals surface area contributed by atoms with E-state index in [1.54, 1.807) is 35.7 Å². The zero-order valence-corrected chi connectivity index (χ0v) is 14.7. The van der Waals surface area contributed by atoms with Crippen molar-refractivity contribution in [2.75, 3.05) is 24.5 Å². The van der Waals surface area contributed by atoms with Crippen LogP contribution in [0.25, 0.3) is 0 Å². The molecule has 132 valence electrons. The molecule has 0 unspecified atom stereocenters. The van der Waals surface area contributed by atoms with Gasteiger partial charge in [-0.15, -0.1) is 0 Å². The van der Waals surface area contributed by atoms with Gasteiger partial charge in [-0.2, -0.15) is 5.10 Å². The van der Waals surface area contributed by atoms with E-state index in [4.69, 9.17) is 11.6 Å². The van der Waals surface area contributed by atoms with E-state index in [9.17, 15) is 4.79 Å². The maximum absolute atomic E-state index is 12.8. The van der Waals surface area contributed by atoms with Crippen LogP contribution in [0.5, 0.6) is 0 Å². The average Bonchev–Trinajstić information content (AvgIpc) is 2.85. The van der Waals surface area contributed by atoms with Gasteiger partial charge in [-0.05, 0) is 18.8 Å². The number of anilines is 1. The fourth-order valence-corrected chi connectivity index (χ4v) is 4.00. The molecular weight excluding hydrogens is 340 g/mol. The molecule has 3 aliphatic rings. The normalized spacial score (nSPS) is 22.9. The van der Waals surface area contributed by atoms with Gasteiger partial charge in [0.15, 0.2) is 0 Å². The van der Waals surface area contributed by atoms with Gasteiger partial charge in [0.1, 0.15) is 5.82 Å². The minimum Gasteiger partial charge on any atom is -0.353 e. The van der Waals surface area contributed by atoms with E-state index in [0.717, 1.165) is 31.9 Å². The number of amides is 1. The number of aromatic nitrogens is 4. The zero-order valence-electron chi connectivity index (χ0n) is 14.0. The fourth-order valence-electron chi connectivity index (χ4n) is 3.84. The second kappa shape index (κ2) is 7.00. The lowest BCUT2D eigenvalue weighted by atomic mass is 9.95. The Bertz CT molecular complexity index is 736. The Kier molecular flexibility index (Phi) is 4.57. The molecule has 2 bridgehead atoms. The van der Waals surface area contributed by atoms with Crippen LogP contribution in [0, 0.1) is 5.92 Å². The highest BCUT2D eigenvalue weighted by Crippen LogP contribution is 2.30.